The molecule has 172 valence electrons. The number of methoxy groups -OCH3 is 1. The van der Waals surface area contributed by atoms with Gasteiger partial charge in [-0.05, 0) is 43.0 Å². The van der Waals surface area contributed by atoms with Crippen molar-refractivity contribution in [3.8, 4) is 0 Å². The van der Waals surface area contributed by atoms with Crippen LogP contribution in [-0.4, -0.2) is 60.0 Å². The summed E-state index contributed by atoms with van der Waals surface area (Å²) < 4.78 is 18.6. The number of halogens is 1. The number of benzene rings is 2. The van der Waals surface area contributed by atoms with Crippen molar-refractivity contribution in [2.24, 2.45) is 5.92 Å². The molecule has 0 radical (unpaired) electrons. The molecule has 2 aromatic rings. The second-order valence-corrected chi connectivity index (χ2v) is 8.61. The van der Waals surface area contributed by atoms with Gasteiger partial charge >= 0.3 is 0 Å². The Labute approximate surface area is 187 Å². The van der Waals surface area contributed by atoms with Crippen molar-refractivity contribution in [1.29, 1.82) is 0 Å². The van der Waals surface area contributed by atoms with Gasteiger partial charge in [0.15, 0.2) is 0 Å². The molecule has 0 saturated carbocycles. The van der Waals surface area contributed by atoms with E-state index in [0.717, 1.165) is 24.2 Å². The summed E-state index contributed by atoms with van der Waals surface area (Å²) in [5.41, 5.74) is 2.11. The van der Waals surface area contributed by atoms with Gasteiger partial charge in [-0.3, -0.25) is 19.8 Å². The molecule has 0 N–H and O–H groups in total. The van der Waals surface area contributed by atoms with Gasteiger partial charge in [0, 0.05) is 57.4 Å². The molecule has 1 saturated heterocycles. The Hall–Kier alpha value is -2.84. The van der Waals surface area contributed by atoms with Gasteiger partial charge < -0.3 is 9.64 Å². The van der Waals surface area contributed by atoms with Crippen LogP contribution in [0.5, 0.6) is 0 Å². The first-order chi connectivity index (χ1) is 15.3. The van der Waals surface area contributed by atoms with Crippen molar-refractivity contribution in [1.82, 2.24) is 9.80 Å². The summed E-state index contributed by atoms with van der Waals surface area (Å²) in [6.45, 7) is 6.78. The highest BCUT2D eigenvalue weighted by atomic mass is 19.1. The molecule has 0 aliphatic carbocycles. The molecule has 2 aromatic carbocycles. The summed E-state index contributed by atoms with van der Waals surface area (Å²) in [6.07, 6.45) is 0. The van der Waals surface area contributed by atoms with Crippen LogP contribution >= 0.6 is 0 Å². The standard InChI is InChI=1S/C24H30FN3O4/c1-17(2)27(24(29)16-32-3)14-20-13-26(12-18-4-10-22(11-5-18)28(30)31)15-23(20)19-6-8-21(25)9-7-19/h4-11,17,20,23H,12-16H2,1-3H3. The zero-order valence-corrected chi connectivity index (χ0v) is 18.7. The minimum absolute atomic E-state index is 0.0373. The quantitative estimate of drug-likeness (QED) is 0.435. The average Bonchev–Trinajstić information content (AvgIpc) is 3.15. The van der Waals surface area contributed by atoms with Crippen LogP contribution in [0.25, 0.3) is 0 Å². The van der Waals surface area contributed by atoms with Crippen LogP contribution in [0, 0.1) is 21.8 Å². The Kier molecular flexibility index (Phi) is 7.93. The van der Waals surface area contributed by atoms with Crippen molar-refractivity contribution < 1.29 is 18.8 Å². The number of hydrogen-bond donors (Lipinski definition) is 0. The van der Waals surface area contributed by atoms with E-state index in [4.69, 9.17) is 4.74 Å². The van der Waals surface area contributed by atoms with Gasteiger partial charge in [-0.1, -0.05) is 24.3 Å². The Bertz CT molecular complexity index is 918. The average molecular weight is 444 g/mol. The lowest BCUT2D eigenvalue weighted by Gasteiger charge is -2.31. The fourth-order valence-corrected chi connectivity index (χ4v) is 4.40. The maximum atomic E-state index is 13.5. The third-order valence-corrected chi connectivity index (χ3v) is 6.01. The van der Waals surface area contributed by atoms with E-state index in [1.165, 1.54) is 31.4 Å². The third-order valence-electron chi connectivity index (χ3n) is 6.01. The first-order valence-corrected chi connectivity index (χ1v) is 10.8. The Morgan fingerprint density at radius 2 is 1.84 bits per heavy atom. The third kappa shape index (κ3) is 5.89. The van der Waals surface area contributed by atoms with Crippen molar-refractivity contribution in [3.63, 3.8) is 0 Å². The molecule has 1 heterocycles. The second kappa shape index (κ2) is 10.7. The number of likely N-dealkylation sites (tertiary alicyclic amines) is 1. The lowest BCUT2D eigenvalue weighted by molar-refractivity contribution is -0.384. The van der Waals surface area contributed by atoms with Gasteiger partial charge in [-0.2, -0.15) is 0 Å². The molecule has 1 amide bonds. The number of ether oxygens (including phenoxy) is 1. The fourth-order valence-electron chi connectivity index (χ4n) is 4.40. The minimum Gasteiger partial charge on any atom is -0.375 e. The topological polar surface area (TPSA) is 75.9 Å². The molecule has 0 aromatic heterocycles. The van der Waals surface area contributed by atoms with E-state index in [9.17, 15) is 19.3 Å². The van der Waals surface area contributed by atoms with E-state index in [1.54, 1.807) is 12.1 Å². The van der Waals surface area contributed by atoms with Crippen molar-refractivity contribution in [2.75, 3.05) is 33.4 Å². The summed E-state index contributed by atoms with van der Waals surface area (Å²) in [4.78, 5) is 27.2. The molecular weight excluding hydrogens is 413 g/mol. The van der Waals surface area contributed by atoms with E-state index in [-0.39, 0.29) is 41.9 Å². The molecular formula is C24H30FN3O4. The summed E-state index contributed by atoms with van der Waals surface area (Å²) in [7, 11) is 1.51. The first-order valence-electron chi connectivity index (χ1n) is 10.8. The summed E-state index contributed by atoms with van der Waals surface area (Å²) >= 11 is 0. The molecule has 1 aliphatic rings. The second-order valence-electron chi connectivity index (χ2n) is 8.61. The number of rotatable bonds is 9. The van der Waals surface area contributed by atoms with E-state index < -0.39 is 4.92 Å². The van der Waals surface area contributed by atoms with Gasteiger partial charge in [0.05, 0.1) is 4.92 Å². The summed E-state index contributed by atoms with van der Waals surface area (Å²) in [5.74, 6) is -0.00811. The number of nitrogens with zero attached hydrogens (tertiary/aromatic N) is 3. The summed E-state index contributed by atoms with van der Waals surface area (Å²) in [5, 5.41) is 10.9. The van der Waals surface area contributed by atoms with E-state index in [2.05, 4.69) is 4.90 Å². The predicted molar refractivity (Wildman–Crippen MR) is 120 cm³/mol. The van der Waals surface area contributed by atoms with Crippen LogP contribution < -0.4 is 0 Å². The molecule has 2 unspecified atom stereocenters. The molecule has 0 spiro atoms. The zero-order valence-electron chi connectivity index (χ0n) is 18.7. The van der Waals surface area contributed by atoms with Crippen molar-refractivity contribution >= 4 is 11.6 Å². The first kappa shape index (κ1) is 23.8. The number of carbonyl (C=O) groups excluding carboxylic acids is 1. The normalized spacial score (nSPS) is 18.8. The maximum Gasteiger partial charge on any atom is 0.269 e. The zero-order chi connectivity index (χ0) is 23.3. The number of amides is 1. The van der Waals surface area contributed by atoms with Crippen molar-refractivity contribution in [3.05, 3.63) is 75.6 Å². The highest BCUT2D eigenvalue weighted by Gasteiger charge is 2.36. The van der Waals surface area contributed by atoms with Gasteiger partial charge in [0.1, 0.15) is 12.4 Å². The predicted octanol–water partition coefficient (Wildman–Crippen LogP) is 3.83. The van der Waals surface area contributed by atoms with E-state index >= 15 is 0 Å². The lowest BCUT2D eigenvalue weighted by Crippen LogP contribution is -2.43. The minimum atomic E-state index is -0.405. The fraction of sp³-hybridized carbons (Fsp3) is 0.458. The monoisotopic (exact) mass is 443 g/mol. The Morgan fingerprint density at radius 3 is 2.41 bits per heavy atom. The molecule has 3 rings (SSSR count). The van der Waals surface area contributed by atoms with Gasteiger partial charge in [0.25, 0.3) is 5.69 Å². The molecule has 32 heavy (non-hydrogen) atoms. The molecule has 8 heteroatoms. The highest BCUT2D eigenvalue weighted by molar-refractivity contribution is 5.77. The Balaban J connectivity index is 1.79. The van der Waals surface area contributed by atoms with Crippen LogP contribution in [-0.2, 0) is 16.1 Å². The number of hydrogen-bond acceptors (Lipinski definition) is 5. The number of carbonyl (C=O) groups is 1. The molecule has 1 fully saturated rings. The number of nitro benzene ring substituents is 1. The lowest BCUT2D eigenvalue weighted by atomic mass is 9.88. The van der Waals surface area contributed by atoms with Crippen LogP contribution in [0.4, 0.5) is 10.1 Å². The van der Waals surface area contributed by atoms with Gasteiger partial charge in [-0.25, -0.2) is 4.39 Å². The van der Waals surface area contributed by atoms with Gasteiger partial charge in [-0.15, -0.1) is 0 Å². The molecule has 2 atom stereocenters. The molecule has 1 aliphatic heterocycles. The van der Waals surface area contributed by atoms with Crippen LogP contribution in [0.2, 0.25) is 0 Å². The van der Waals surface area contributed by atoms with Crippen molar-refractivity contribution in [2.45, 2.75) is 32.4 Å². The SMILES string of the molecule is COCC(=O)N(CC1CN(Cc2ccc([N+](=O)[O-])cc2)CC1c1ccc(F)cc1)C(C)C. The van der Waals surface area contributed by atoms with Gasteiger partial charge in [0.2, 0.25) is 5.91 Å². The number of nitro groups is 1. The molecule has 7 nitrogen and oxygen atoms in total. The van der Waals surface area contributed by atoms with Crippen LogP contribution in [0.3, 0.4) is 0 Å². The Morgan fingerprint density at radius 1 is 1.19 bits per heavy atom. The number of non-ortho nitro benzene ring substituents is 1. The highest BCUT2D eigenvalue weighted by Crippen LogP contribution is 2.34. The van der Waals surface area contributed by atoms with E-state index in [0.29, 0.717) is 13.1 Å². The summed E-state index contributed by atoms with van der Waals surface area (Å²) in [6, 6.07) is 13.2. The smallest absolute Gasteiger partial charge is 0.269 e. The van der Waals surface area contributed by atoms with E-state index in [1.807, 2.05) is 30.9 Å². The largest absolute Gasteiger partial charge is 0.375 e. The molecule has 0 bridgehead atoms. The maximum absolute atomic E-state index is 13.5. The van der Waals surface area contributed by atoms with Crippen LogP contribution in [0.1, 0.15) is 30.9 Å². The van der Waals surface area contributed by atoms with Crippen LogP contribution in [0.15, 0.2) is 48.5 Å².